The average molecular weight is 439 g/mol. The molecule has 0 aliphatic carbocycles. The lowest BCUT2D eigenvalue weighted by Crippen LogP contribution is -2.54. The normalized spacial score (nSPS) is 17.6. The highest BCUT2D eigenvalue weighted by atomic mass is 32.1. The molecule has 0 aromatic heterocycles. The molecule has 6 N–H and O–H groups in total. The zero-order valence-electron chi connectivity index (χ0n) is 16.3. The van der Waals surface area contributed by atoms with E-state index in [4.69, 9.17) is 0 Å². The van der Waals surface area contributed by atoms with E-state index >= 15 is 0 Å². The Balaban J connectivity index is 1.82. The molecule has 10 nitrogen and oxygen atoms in total. The molecule has 30 heavy (non-hydrogen) atoms. The van der Waals surface area contributed by atoms with E-state index in [0.29, 0.717) is 12.0 Å². The van der Waals surface area contributed by atoms with E-state index in [1.54, 1.807) is 12.1 Å². The summed E-state index contributed by atoms with van der Waals surface area (Å²) in [6.45, 7) is 0.297. The number of carboxylic acids is 1. The number of benzene rings is 1. The second-order valence-corrected chi connectivity index (χ2v) is 7.30. The van der Waals surface area contributed by atoms with Crippen molar-refractivity contribution >= 4 is 36.3 Å². The first kappa shape index (κ1) is 23.5. The third-order valence-corrected chi connectivity index (χ3v) is 4.99. The Morgan fingerprint density at radius 1 is 1.13 bits per heavy atom. The topological polar surface area (TPSA) is 157 Å². The minimum atomic E-state index is -1.23. The number of carbonyl (C=O) groups is 4. The summed E-state index contributed by atoms with van der Waals surface area (Å²) in [5.74, 6) is -2.71. The van der Waals surface area contributed by atoms with E-state index in [-0.39, 0.29) is 29.9 Å². The Bertz CT molecular complexity index is 767. The van der Waals surface area contributed by atoms with E-state index < -0.39 is 36.4 Å². The number of carboxylic acid groups (broad SMARTS) is 1. The molecule has 2 rings (SSSR count). The number of nitrogens with one attached hydrogen (secondary N) is 4. The summed E-state index contributed by atoms with van der Waals surface area (Å²) in [5, 5.41) is 29.0. The Labute approximate surface area is 179 Å². The van der Waals surface area contributed by atoms with Gasteiger partial charge < -0.3 is 31.5 Å². The summed E-state index contributed by atoms with van der Waals surface area (Å²) in [6, 6.07) is 3.49. The van der Waals surface area contributed by atoms with Crippen LogP contribution in [0.5, 0.6) is 5.75 Å². The van der Waals surface area contributed by atoms with Crippen LogP contribution in [0.3, 0.4) is 0 Å². The van der Waals surface area contributed by atoms with Crippen LogP contribution in [0.2, 0.25) is 0 Å². The maximum atomic E-state index is 12.3. The predicted molar refractivity (Wildman–Crippen MR) is 111 cm³/mol. The molecule has 3 unspecified atom stereocenters. The Kier molecular flexibility index (Phi) is 8.93. The number of amides is 3. The molecule has 11 heteroatoms. The fourth-order valence-corrected chi connectivity index (χ4v) is 3.24. The Hall–Kier alpha value is -2.79. The van der Waals surface area contributed by atoms with Gasteiger partial charge in [-0.15, -0.1) is 0 Å². The van der Waals surface area contributed by atoms with Gasteiger partial charge in [0.05, 0.1) is 12.6 Å². The smallest absolute Gasteiger partial charge is 0.326 e. The zero-order valence-corrected chi connectivity index (χ0v) is 17.2. The molecule has 3 amide bonds. The van der Waals surface area contributed by atoms with Gasteiger partial charge in [-0.2, -0.15) is 12.6 Å². The average Bonchev–Trinajstić information content (AvgIpc) is 3.26. The second kappa shape index (κ2) is 11.4. The minimum Gasteiger partial charge on any atom is -0.508 e. The first-order chi connectivity index (χ1) is 14.3. The number of aliphatic carboxylic acids is 1. The molecule has 0 spiro atoms. The van der Waals surface area contributed by atoms with Crippen molar-refractivity contribution in [1.82, 2.24) is 21.3 Å². The lowest BCUT2D eigenvalue weighted by atomic mass is 10.1. The second-order valence-electron chi connectivity index (χ2n) is 6.94. The van der Waals surface area contributed by atoms with E-state index in [1.807, 2.05) is 0 Å². The minimum absolute atomic E-state index is 0.0129. The lowest BCUT2D eigenvalue weighted by molar-refractivity contribution is -0.141. The first-order valence-electron chi connectivity index (χ1n) is 9.52. The molecule has 3 atom stereocenters. The maximum absolute atomic E-state index is 12.3. The number of carbonyl (C=O) groups excluding carboxylic acids is 3. The molecular weight excluding hydrogens is 412 g/mol. The monoisotopic (exact) mass is 438 g/mol. The van der Waals surface area contributed by atoms with Gasteiger partial charge in [0.15, 0.2) is 0 Å². The lowest BCUT2D eigenvalue weighted by Gasteiger charge is -2.19. The molecule has 1 aromatic carbocycles. The van der Waals surface area contributed by atoms with Crippen molar-refractivity contribution in [3.05, 3.63) is 29.8 Å². The van der Waals surface area contributed by atoms with Crippen molar-refractivity contribution in [2.45, 2.75) is 37.4 Å². The van der Waals surface area contributed by atoms with Crippen LogP contribution in [0.4, 0.5) is 0 Å². The van der Waals surface area contributed by atoms with Crippen molar-refractivity contribution < 1.29 is 29.4 Å². The van der Waals surface area contributed by atoms with Crippen LogP contribution in [-0.2, 0) is 25.6 Å². The van der Waals surface area contributed by atoms with Crippen molar-refractivity contribution in [2.75, 3.05) is 18.8 Å². The molecule has 0 saturated carbocycles. The summed E-state index contributed by atoms with van der Waals surface area (Å²) >= 11 is 4.07. The highest BCUT2D eigenvalue weighted by Gasteiger charge is 2.27. The number of hydrogen-bond acceptors (Lipinski definition) is 7. The van der Waals surface area contributed by atoms with Gasteiger partial charge in [-0.1, -0.05) is 12.1 Å². The van der Waals surface area contributed by atoms with Crippen LogP contribution in [0.1, 0.15) is 18.4 Å². The molecule has 0 radical (unpaired) electrons. The van der Waals surface area contributed by atoms with Gasteiger partial charge in [-0.05, 0) is 37.1 Å². The maximum Gasteiger partial charge on any atom is 0.326 e. The van der Waals surface area contributed by atoms with Crippen LogP contribution in [0.15, 0.2) is 24.3 Å². The van der Waals surface area contributed by atoms with Gasteiger partial charge in [0.2, 0.25) is 17.7 Å². The molecule has 1 aliphatic heterocycles. The molecule has 1 aromatic rings. The fraction of sp³-hybridized carbons (Fsp3) is 0.474. The Morgan fingerprint density at radius 3 is 2.40 bits per heavy atom. The van der Waals surface area contributed by atoms with Crippen molar-refractivity contribution in [2.24, 2.45) is 0 Å². The van der Waals surface area contributed by atoms with Crippen LogP contribution in [0, 0.1) is 0 Å². The quantitative estimate of drug-likeness (QED) is 0.226. The molecule has 1 saturated heterocycles. The van der Waals surface area contributed by atoms with E-state index in [1.165, 1.54) is 12.1 Å². The van der Waals surface area contributed by atoms with Gasteiger partial charge in [0, 0.05) is 12.2 Å². The van der Waals surface area contributed by atoms with Gasteiger partial charge in [-0.3, -0.25) is 14.4 Å². The highest BCUT2D eigenvalue weighted by Crippen LogP contribution is 2.11. The number of thiol groups is 1. The van der Waals surface area contributed by atoms with Crippen LogP contribution in [0.25, 0.3) is 0 Å². The van der Waals surface area contributed by atoms with Crippen molar-refractivity contribution in [1.29, 1.82) is 0 Å². The van der Waals surface area contributed by atoms with E-state index in [9.17, 15) is 29.4 Å². The molecule has 164 valence electrons. The zero-order chi connectivity index (χ0) is 22.1. The van der Waals surface area contributed by atoms with Crippen LogP contribution >= 0.6 is 12.6 Å². The SMILES string of the molecule is O=C(CNC(=O)C(CS)NC(=O)C1CCCN1)NC(Cc1ccc(O)cc1)C(=O)O. The number of aromatic hydroxyl groups is 1. The van der Waals surface area contributed by atoms with Crippen LogP contribution in [-0.4, -0.2) is 70.9 Å². The largest absolute Gasteiger partial charge is 0.508 e. The summed E-state index contributed by atoms with van der Waals surface area (Å²) in [6.07, 6.45) is 1.58. The number of phenols is 1. The summed E-state index contributed by atoms with van der Waals surface area (Å²) in [4.78, 5) is 47.9. The predicted octanol–water partition coefficient (Wildman–Crippen LogP) is -1.21. The molecule has 0 bridgehead atoms. The van der Waals surface area contributed by atoms with E-state index in [2.05, 4.69) is 33.9 Å². The number of hydrogen-bond donors (Lipinski definition) is 7. The van der Waals surface area contributed by atoms with Gasteiger partial charge in [0.25, 0.3) is 0 Å². The summed E-state index contributed by atoms with van der Waals surface area (Å²) in [5.41, 5.74) is 0.614. The highest BCUT2D eigenvalue weighted by molar-refractivity contribution is 7.80. The third-order valence-electron chi connectivity index (χ3n) is 4.63. The molecule has 1 aliphatic rings. The van der Waals surface area contributed by atoms with Gasteiger partial charge in [-0.25, -0.2) is 4.79 Å². The molecule has 1 heterocycles. The molecule has 1 fully saturated rings. The third kappa shape index (κ3) is 7.23. The van der Waals surface area contributed by atoms with Crippen molar-refractivity contribution in [3.8, 4) is 5.75 Å². The standard InChI is InChI=1S/C19H26N4O6S/c24-12-5-3-11(4-6-12)8-14(19(28)29)22-16(25)9-21-17(26)15(10-30)23-18(27)13-2-1-7-20-13/h3-6,13-15,20,24,30H,1-2,7-10H2,(H,21,26)(H,22,25)(H,23,27)(H,28,29). The van der Waals surface area contributed by atoms with Gasteiger partial charge >= 0.3 is 5.97 Å². The first-order valence-corrected chi connectivity index (χ1v) is 10.2. The summed E-state index contributed by atoms with van der Waals surface area (Å²) in [7, 11) is 0. The fourth-order valence-electron chi connectivity index (χ4n) is 2.98. The van der Waals surface area contributed by atoms with Crippen molar-refractivity contribution in [3.63, 3.8) is 0 Å². The van der Waals surface area contributed by atoms with Crippen LogP contribution < -0.4 is 21.3 Å². The van der Waals surface area contributed by atoms with E-state index in [0.717, 1.165) is 13.0 Å². The summed E-state index contributed by atoms with van der Waals surface area (Å²) < 4.78 is 0. The van der Waals surface area contributed by atoms with Gasteiger partial charge in [0.1, 0.15) is 17.8 Å². The Morgan fingerprint density at radius 2 is 1.83 bits per heavy atom. The molecular formula is C19H26N4O6S. The number of rotatable bonds is 10. The number of phenolic OH excluding ortho intramolecular Hbond substituents is 1.